The van der Waals surface area contributed by atoms with Crippen molar-refractivity contribution in [3.8, 4) is 0 Å². The molecule has 0 saturated heterocycles. The van der Waals surface area contributed by atoms with E-state index in [4.69, 9.17) is 5.73 Å². The Balaban J connectivity index is 2.13. The van der Waals surface area contributed by atoms with Crippen LogP contribution in [0.3, 0.4) is 0 Å². The molecule has 1 aliphatic carbocycles. The summed E-state index contributed by atoms with van der Waals surface area (Å²) in [5.41, 5.74) is 5.28. The summed E-state index contributed by atoms with van der Waals surface area (Å²) in [7, 11) is 0. The number of halogens is 3. The van der Waals surface area contributed by atoms with Gasteiger partial charge >= 0.3 is 6.18 Å². The Kier molecular flexibility index (Phi) is 2.45. The monoisotopic (exact) mass is 238 g/mol. The van der Waals surface area contributed by atoms with Crippen molar-refractivity contribution >= 4 is 22.6 Å². The Hall–Kier alpha value is -1.05. The number of nitrogens with two attached hydrogens (primary N) is 1. The summed E-state index contributed by atoms with van der Waals surface area (Å²) in [6.07, 6.45) is -2.67. The molecule has 0 aromatic carbocycles. The number of rotatable bonds is 3. The van der Waals surface area contributed by atoms with Gasteiger partial charge in [-0.2, -0.15) is 22.5 Å². The third-order valence-electron chi connectivity index (χ3n) is 2.01. The standard InChI is InChI=1S/C7H9F3N4S/c8-7(9,10)3-14(4-1-2-4)6-12-5(11)13-15-6/h4H,1-3H2,(H2,11,13). The summed E-state index contributed by atoms with van der Waals surface area (Å²) < 4.78 is 40.5. The minimum absolute atomic E-state index is 0.0304. The third-order valence-corrected chi connectivity index (χ3v) is 2.78. The van der Waals surface area contributed by atoms with E-state index in [1.165, 1.54) is 4.90 Å². The Labute approximate surface area is 88.1 Å². The lowest BCUT2D eigenvalue weighted by Crippen LogP contribution is -2.35. The molecule has 0 bridgehead atoms. The molecule has 15 heavy (non-hydrogen) atoms. The van der Waals surface area contributed by atoms with Crippen LogP contribution in [-0.4, -0.2) is 28.1 Å². The molecule has 1 aromatic rings. The van der Waals surface area contributed by atoms with Gasteiger partial charge in [-0.15, -0.1) is 0 Å². The zero-order chi connectivity index (χ0) is 11.1. The van der Waals surface area contributed by atoms with Crippen LogP contribution in [0.4, 0.5) is 24.3 Å². The largest absolute Gasteiger partial charge is 0.406 e. The molecule has 0 amide bonds. The minimum atomic E-state index is -4.22. The van der Waals surface area contributed by atoms with Crippen LogP contribution in [0, 0.1) is 0 Å². The lowest BCUT2D eigenvalue weighted by atomic mass is 10.5. The van der Waals surface area contributed by atoms with E-state index in [9.17, 15) is 13.2 Å². The molecule has 2 rings (SSSR count). The van der Waals surface area contributed by atoms with Gasteiger partial charge in [0.1, 0.15) is 6.54 Å². The number of nitrogen functional groups attached to an aromatic ring is 1. The predicted molar refractivity (Wildman–Crippen MR) is 50.7 cm³/mol. The molecule has 0 unspecified atom stereocenters. The lowest BCUT2D eigenvalue weighted by molar-refractivity contribution is -0.120. The second-order valence-corrected chi connectivity index (χ2v) is 4.14. The summed E-state index contributed by atoms with van der Waals surface area (Å²) in [4.78, 5) is 5.00. The molecule has 4 nitrogen and oxygen atoms in total. The van der Waals surface area contributed by atoms with Crippen molar-refractivity contribution in [3.05, 3.63) is 0 Å². The molecule has 0 radical (unpaired) electrons. The van der Waals surface area contributed by atoms with Gasteiger partial charge in [0.2, 0.25) is 11.1 Å². The molecule has 1 aromatic heterocycles. The Morgan fingerprint density at radius 2 is 2.13 bits per heavy atom. The average molecular weight is 238 g/mol. The molecule has 2 N–H and O–H groups in total. The summed E-state index contributed by atoms with van der Waals surface area (Å²) in [5, 5.41) is 0.257. The van der Waals surface area contributed by atoms with Gasteiger partial charge in [0.15, 0.2) is 0 Å². The second kappa shape index (κ2) is 3.51. The highest BCUT2D eigenvalue weighted by Gasteiger charge is 2.39. The fraction of sp³-hybridized carbons (Fsp3) is 0.714. The molecule has 1 heterocycles. The first kappa shape index (κ1) is 10.5. The number of nitrogens with zero attached hydrogens (tertiary/aromatic N) is 3. The van der Waals surface area contributed by atoms with Gasteiger partial charge in [0, 0.05) is 17.6 Å². The van der Waals surface area contributed by atoms with Crippen molar-refractivity contribution in [1.82, 2.24) is 9.36 Å². The average Bonchev–Trinajstić information content (AvgIpc) is 2.84. The number of anilines is 2. The maximum atomic E-state index is 12.3. The lowest BCUT2D eigenvalue weighted by Gasteiger charge is -2.22. The van der Waals surface area contributed by atoms with Crippen LogP contribution in [0.5, 0.6) is 0 Å². The van der Waals surface area contributed by atoms with E-state index in [-0.39, 0.29) is 17.1 Å². The SMILES string of the molecule is Nc1nsc(N(CC(F)(F)F)C2CC2)n1. The van der Waals surface area contributed by atoms with Crippen LogP contribution in [0.1, 0.15) is 12.8 Å². The van der Waals surface area contributed by atoms with E-state index in [1.54, 1.807) is 0 Å². The van der Waals surface area contributed by atoms with E-state index in [0.717, 1.165) is 24.4 Å². The van der Waals surface area contributed by atoms with Crippen molar-refractivity contribution in [2.45, 2.75) is 25.1 Å². The zero-order valence-electron chi connectivity index (χ0n) is 7.66. The number of hydrogen-bond acceptors (Lipinski definition) is 5. The van der Waals surface area contributed by atoms with E-state index in [0.29, 0.717) is 0 Å². The van der Waals surface area contributed by atoms with Crippen LogP contribution in [0.25, 0.3) is 0 Å². The molecule has 1 saturated carbocycles. The van der Waals surface area contributed by atoms with E-state index >= 15 is 0 Å². The van der Waals surface area contributed by atoms with Gasteiger partial charge in [-0.25, -0.2) is 0 Å². The maximum Gasteiger partial charge on any atom is 0.406 e. The highest BCUT2D eigenvalue weighted by molar-refractivity contribution is 7.09. The summed E-state index contributed by atoms with van der Waals surface area (Å²) in [6.45, 7) is -0.980. The second-order valence-electron chi connectivity index (χ2n) is 3.41. The number of hydrogen-bond donors (Lipinski definition) is 1. The molecule has 84 valence electrons. The quantitative estimate of drug-likeness (QED) is 0.870. The van der Waals surface area contributed by atoms with Crippen molar-refractivity contribution < 1.29 is 13.2 Å². The van der Waals surface area contributed by atoms with Crippen LogP contribution in [-0.2, 0) is 0 Å². The highest BCUT2D eigenvalue weighted by atomic mass is 32.1. The maximum absolute atomic E-state index is 12.3. The van der Waals surface area contributed by atoms with Gasteiger partial charge in [-0.3, -0.25) is 0 Å². The predicted octanol–water partition coefficient (Wildman–Crippen LogP) is 1.65. The first-order chi connectivity index (χ1) is 6.96. The van der Waals surface area contributed by atoms with Crippen molar-refractivity contribution in [2.24, 2.45) is 0 Å². The van der Waals surface area contributed by atoms with Crippen LogP contribution in [0.2, 0.25) is 0 Å². The fourth-order valence-electron chi connectivity index (χ4n) is 1.28. The Morgan fingerprint density at radius 3 is 2.53 bits per heavy atom. The fourth-order valence-corrected chi connectivity index (χ4v) is 1.94. The van der Waals surface area contributed by atoms with Gasteiger partial charge in [-0.05, 0) is 12.8 Å². The first-order valence-electron chi connectivity index (χ1n) is 4.38. The third kappa shape index (κ3) is 2.71. The van der Waals surface area contributed by atoms with E-state index in [1.807, 2.05) is 0 Å². The molecule has 1 aliphatic rings. The van der Waals surface area contributed by atoms with Crippen LogP contribution >= 0.6 is 11.5 Å². The van der Waals surface area contributed by atoms with Gasteiger partial charge in [0.25, 0.3) is 0 Å². The Morgan fingerprint density at radius 1 is 1.47 bits per heavy atom. The first-order valence-corrected chi connectivity index (χ1v) is 5.15. The van der Waals surface area contributed by atoms with Crippen LogP contribution < -0.4 is 10.6 Å². The molecule has 0 spiro atoms. The van der Waals surface area contributed by atoms with Crippen molar-refractivity contribution in [2.75, 3.05) is 17.2 Å². The molecular formula is C7H9F3N4S. The highest BCUT2D eigenvalue weighted by Crippen LogP contribution is 2.35. The molecular weight excluding hydrogens is 229 g/mol. The summed E-state index contributed by atoms with van der Waals surface area (Å²) >= 11 is 0.906. The van der Waals surface area contributed by atoms with Crippen molar-refractivity contribution in [1.29, 1.82) is 0 Å². The summed E-state index contributed by atoms with van der Waals surface area (Å²) in [5.74, 6) is 0.0304. The van der Waals surface area contributed by atoms with Crippen LogP contribution in [0.15, 0.2) is 0 Å². The normalized spacial score (nSPS) is 16.7. The number of alkyl halides is 3. The Bertz CT molecular complexity index is 346. The zero-order valence-corrected chi connectivity index (χ0v) is 8.48. The topological polar surface area (TPSA) is 55.0 Å². The minimum Gasteiger partial charge on any atom is -0.367 e. The molecule has 8 heteroatoms. The smallest absolute Gasteiger partial charge is 0.367 e. The van der Waals surface area contributed by atoms with E-state index < -0.39 is 12.7 Å². The van der Waals surface area contributed by atoms with Gasteiger partial charge in [-0.1, -0.05) is 0 Å². The van der Waals surface area contributed by atoms with Gasteiger partial charge < -0.3 is 10.6 Å². The molecule has 0 atom stereocenters. The number of aromatic nitrogens is 2. The summed E-state index contributed by atoms with van der Waals surface area (Å²) in [6, 6.07) is -0.0565. The molecule has 0 aliphatic heterocycles. The van der Waals surface area contributed by atoms with E-state index in [2.05, 4.69) is 9.36 Å². The molecule has 1 fully saturated rings. The van der Waals surface area contributed by atoms with Crippen molar-refractivity contribution in [3.63, 3.8) is 0 Å². The van der Waals surface area contributed by atoms with Gasteiger partial charge in [0.05, 0.1) is 0 Å².